The lowest BCUT2D eigenvalue weighted by Crippen LogP contribution is -2.22. The minimum absolute atomic E-state index is 0.0333. The van der Waals surface area contributed by atoms with Crippen molar-refractivity contribution in [2.45, 2.75) is 20.0 Å². The zero-order chi connectivity index (χ0) is 21.2. The molecule has 0 saturated heterocycles. The van der Waals surface area contributed by atoms with Gasteiger partial charge in [0.1, 0.15) is 18.1 Å². The van der Waals surface area contributed by atoms with E-state index in [0.29, 0.717) is 27.9 Å². The smallest absolute Gasteiger partial charge is 0.428 e. The molecule has 0 aliphatic heterocycles. The van der Waals surface area contributed by atoms with Gasteiger partial charge in [-0.25, -0.2) is 10.2 Å². The predicted octanol–water partition coefficient (Wildman–Crippen LogP) is 3.99. The van der Waals surface area contributed by atoms with Gasteiger partial charge in [0.2, 0.25) is 5.91 Å². The molecule has 2 N–H and O–H groups in total. The maximum Gasteiger partial charge on any atom is 0.428 e. The van der Waals surface area contributed by atoms with Gasteiger partial charge in [0.15, 0.2) is 0 Å². The molecule has 2 aromatic rings. The second-order valence-electron chi connectivity index (χ2n) is 5.95. The lowest BCUT2D eigenvalue weighted by molar-refractivity contribution is -0.115. The number of anilines is 1. The van der Waals surface area contributed by atoms with E-state index in [2.05, 4.69) is 15.8 Å². The Morgan fingerprint density at radius 1 is 1.07 bits per heavy atom. The van der Waals surface area contributed by atoms with Gasteiger partial charge in [0.05, 0.1) is 26.3 Å². The summed E-state index contributed by atoms with van der Waals surface area (Å²) in [6, 6.07) is 12.0. The minimum atomic E-state index is -0.725. The highest BCUT2D eigenvalue weighted by Crippen LogP contribution is 2.27. The van der Waals surface area contributed by atoms with Crippen molar-refractivity contribution in [3.8, 4) is 11.5 Å². The Kier molecular flexibility index (Phi) is 8.29. The molecule has 2 amide bonds. The first-order valence-electron chi connectivity index (χ1n) is 8.63. The summed E-state index contributed by atoms with van der Waals surface area (Å²) >= 11 is 5.94. The van der Waals surface area contributed by atoms with Crippen molar-refractivity contribution < 1.29 is 23.8 Å². The molecule has 0 spiro atoms. The fourth-order valence-electron chi connectivity index (χ4n) is 2.29. The molecule has 0 fully saturated rings. The predicted molar refractivity (Wildman–Crippen MR) is 111 cm³/mol. The first-order valence-corrected chi connectivity index (χ1v) is 9.01. The number of carbonyl (C=O) groups is 2. The first kappa shape index (κ1) is 22.0. The monoisotopic (exact) mass is 419 g/mol. The summed E-state index contributed by atoms with van der Waals surface area (Å²) in [6.07, 6.45) is -0.758. The van der Waals surface area contributed by atoms with E-state index >= 15 is 0 Å². The number of hydrogen-bond acceptors (Lipinski definition) is 6. The van der Waals surface area contributed by atoms with Crippen LogP contribution in [0.15, 0.2) is 47.6 Å². The molecular weight excluding hydrogens is 398 g/mol. The molecule has 0 heterocycles. The van der Waals surface area contributed by atoms with Gasteiger partial charge in [-0.05, 0) is 42.8 Å². The van der Waals surface area contributed by atoms with E-state index < -0.39 is 6.09 Å². The third kappa shape index (κ3) is 7.34. The van der Waals surface area contributed by atoms with Crippen molar-refractivity contribution in [2.24, 2.45) is 5.10 Å². The summed E-state index contributed by atoms with van der Waals surface area (Å²) in [5.74, 6) is 0.866. The number of hydrazone groups is 1. The van der Waals surface area contributed by atoms with Crippen LogP contribution in [0, 0.1) is 0 Å². The average Bonchev–Trinajstić information content (AvgIpc) is 2.71. The Morgan fingerprint density at radius 2 is 1.79 bits per heavy atom. The van der Waals surface area contributed by atoms with E-state index in [1.165, 1.54) is 7.11 Å². The third-order valence-electron chi connectivity index (χ3n) is 3.72. The summed E-state index contributed by atoms with van der Waals surface area (Å²) in [7, 11) is 3.07. The van der Waals surface area contributed by atoms with Crippen molar-refractivity contribution in [3.05, 3.63) is 53.1 Å². The SMILES string of the molecule is COc1ccc(COC(=O)NN=C(C)CC(=O)Nc2cc(Cl)ccc2OC)cc1. The molecule has 8 nitrogen and oxygen atoms in total. The van der Waals surface area contributed by atoms with Crippen molar-refractivity contribution in [1.82, 2.24) is 5.43 Å². The zero-order valence-corrected chi connectivity index (χ0v) is 17.1. The van der Waals surface area contributed by atoms with Gasteiger partial charge >= 0.3 is 6.09 Å². The molecule has 0 aliphatic carbocycles. The molecule has 0 atom stereocenters. The number of amides is 2. The molecule has 29 heavy (non-hydrogen) atoms. The van der Waals surface area contributed by atoms with Crippen LogP contribution in [0.4, 0.5) is 10.5 Å². The van der Waals surface area contributed by atoms with E-state index in [9.17, 15) is 9.59 Å². The van der Waals surface area contributed by atoms with E-state index in [0.717, 1.165) is 5.56 Å². The number of methoxy groups -OCH3 is 2. The fraction of sp³-hybridized carbons (Fsp3) is 0.250. The summed E-state index contributed by atoms with van der Waals surface area (Å²) in [4.78, 5) is 23.9. The number of ether oxygens (including phenoxy) is 3. The molecule has 0 aliphatic rings. The van der Waals surface area contributed by atoms with Crippen LogP contribution in [0.3, 0.4) is 0 Å². The van der Waals surface area contributed by atoms with Crippen LogP contribution in [0.5, 0.6) is 11.5 Å². The number of nitrogens with one attached hydrogen (secondary N) is 2. The van der Waals surface area contributed by atoms with Crippen LogP contribution in [0.1, 0.15) is 18.9 Å². The Bertz CT molecular complexity index is 884. The van der Waals surface area contributed by atoms with Gasteiger partial charge in [-0.15, -0.1) is 0 Å². The lowest BCUT2D eigenvalue weighted by atomic mass is 10.2. The van der Waals surface area contributed by atoms with Gasteiger partial charge in [-0.1, -0.05) is 23.7 Å². The van der Waals surface area contributed by atoms with E-state index in [1.54, 1.807) is 56.5 Å². The molecular formula is C20H22ClN3O5. The molecule has 0 aromatic heterocycles. The van der Waals surface area contributed by atoms with Crippen LogP contribution in [0.25, 0.3) is 0 Å². The van der Waals surface area contributed by atoms with Gasteiger partial charge < -0.3 is 19.5 Å². The molecule has 2 aromatic carbocycles. The second kappa shape index (κ2) is 10.9. The average molecular weight is 420 g/mol. The third-order valence-corrected chi connectivity index (χ3v) is 3.95. The summed E-state index contributed by atoms with van der Waals surface area (Å²) < 4.78 is 15.3. The molecule has 154 valence electrons. The molecule has 0 saturated carbocycles. The Hall–Kier alpha value is -3.26. The maximum atomic E-state index is 12.2. The van der Waals surface area contributed by atoms with Gasteiger partial charge in [0, 0.05) is 10.7 Å². The fourth-order valence-corrected chi connectivity index (χ4v) is 2.46. The number of rotatable bonds is 8. The Morgan fingerprint density at radius 3 is 2.45 bits per heavy atom. The van der Waals surface area contributed by atoms with E-state index in [1.807, 2.05) is 0 Å². The molecule has 0 bridgehead atoms. The van der Waals surface area contributed by atoms with Crippen LogP contribution in [-0.4, -0.2) is 31.9 Å². The molecule has 2 rings (SSSR count). The second-order valence-corrected chi connectivity index (χ2v) is 6.39. The highest BCUT2D eigenvalue weighted by atomic mass is 35.5. The Balaban J connectivity index is 1.80. The van der Waals surface area contributed by atoms with Crippen molar-refractivity contribution in [1.29, 1.82) is 0 Å². The van der Waals surface area contributed by atoms with Crippen LogP contribution in [-0.2, 0) is 16.1 Å². The van der Waals surface area contributed by atoms with Crippen molar-refractivity contribution in [2.75, 3.05) is 19.5 Å². The summed E-state index contributed by atoms with van der Waals surface area (Å²) in [5.41, 5.74) is 3.90. The highest BCUT2D eigenvalue weighted by Gasteiger charge is 2.10. The van der Waals surface area contributed by atoms with Gasteiger partial charge in [0.25, 0.3) is 0 Å². The van der Waals surface area contributed by atoms with Crippen LogP contribution >= 0.6 is 11.6 Å². The number of halogens is 1. The normalized spacial score (nSPS) is 10.8. The number of hydrogen-bond donors (Lipinski definition) is 2. The zero-order valence-electron chi connectivity index (χ0n) is 16.3. The topological polar surface area (TPSA) is 98.3 Å². The first-order chi connectivity index (χ1) is 13.9. The number of benzene rings is 2. The maximum absolute atomic E-state index is 12.2. The molecule has 0 unspecified atom stereocenters. The highest BCUT2D eigenvalue weighted by molar-refractivity contribution is 6.31. The Labute approximate surface area is 173 Å². The summed E-state index contributed by atoms with van der Waals surface area (Å²) in [5, 5.41) is 7.02. The van der Waals surface area contributed by atoms with Crippen molar-refractivity contribution in [3.63, 3.8) is 0 Å². The molecule has 9 heteroatoms. The lowest BCUT2D eigenvalue weighted by Gasteiger charge is -2.10. The quantitative estimate of drug-likeness (QED) is 0.498. The van der Waals surface area contributed by atoms with Crippen LogP contribution in [0.2, 0.25) is 5.02 Å². The van der Waals surface area contributed by atoms with E-state index in [-0.39, 0.29) is 18.9 Å². The largest absolute Gasteiger partial charge is 0.497 e. The number of nitrogens with zero attached hydrogens (tertiary/aromatic N) is 1. The van der Waals surface area contributed by atoms with Gasteiger partial charge in [-0.3, -0.25) is 4.79 Å². The van der Waals surface area contributed by atoms with E-state index in [4.69, 9.17) is 25.8 Å². The van der Waals surface area contributed by atoms with Crippen molar-refractivity contribution >= 4 is 35.0 Å². The molecule has 0 radical (unpaired) electrons. The minimum Gasteiger partial charge on any atom is -0.497 e. The van der Waals surface area contributed by atoms with Gasteiger partial charge in [-0.2, -0.15) is 5.10 Å². The summed E-state index contributed by atoms with van der Waals surface area (Å²) in [6.45, 7) is 1.69. The van der Waals surface area contributed by atoms with Crippen LogP contribution < -0.4 is 20.2 Å². The standard InChI is InChI=1S/C20H22ClN3O5/c1-13(10-19(25)22-17-11-15(21)6-9-18(17)28-3)23-24-20(26)29-12-14-4-7-16(27-2)8-5-14/h4-9,11H,10,12H2,1-3H3,(H,22,25)(H,24,26). The number of carbonyl (C=O) groups excluding carboxylic acids is 2.